The van der Waals surface area contributed by atoms with Crippen molar-refractivity contribution >= 4 is 32.8 Å². The first-order valence-corrected chi connectivity index (χ1v) is 5.42. The topological polar surface area (TPSA) is 0 Å². The molecule has 2 aromatic carbocycles. The van der Waals surface area contributed by atoms with Gasteiger partial charge in [-0.25, -0.2) is 0 Å². The standard InChI is InChI=1S/C14H9Br/c1-2-13(15)10-12-8-5-7-11-6-3-4-9-14(11)12/h1,3-10H/b13-10-. The van der Waals surface area contributed by atoms with E-state index in [9.17, 15) is 0 Å². The fourth-order valence-electron chi connectivity index (χ4n) is 1.55. The zero-order valence-corrected chi connectivity index (χ0v) is 9.66. The predicted molar refractivity (Wildman–Crippen MR) is 69.7 cm³/mol. The molecule has 72 valence electrons. The first-order valence-electron chi connectivity index (χ1n) is 4.63. The predicted octanol–water partition coefficient (Wildman–Crippen LogP) is 4.21. The average molecular weight is 257 g/mol. The monoisotopic (exact) mass is 256 g/mol. The van der Waals surface area contributed by atoms with Crippen molar-refractivity contribution < 1.29 is 0 Å². The van der Waals surface area contributed by atoms with E-state index in [0.717, 1.165) is 10.0 Å². The van der Waals surface area contributed by atoms with Crippen LogP contribution in [-0.4, -0.2) is 0 Å². The van der Waals surface area contributed by atoms with Crippen LogP contribution in [0.5, 0.6) is 0 Å². The Bertz CT molecular complexity index is 554. The SMILES string of the molecule is C#C/C(Br)=C/c1cccc2ccccc12. The molecule has 2 aromatic rings. The minimum absolute atomic E-state index is 0.763. The quantitative estimate of drug-likeness (QED) is 0.671. The average Bonchev–Trinajstić information content (AvgIpc) is 2.29. The summed E-state index contributed by atoms with van der Waals surface area (Å²) < 4.78 is 0.763. The fraction of sp³-hybridized carbons (Fsp3) is 0. The van der Waals surface area contributed by atoms with Gasteiger partial charge in [0.15, 0.2) is 0 Å². The Morgan fingerprint density at radius 1 is 1.13 bits per heavy atom. The minimum atomic E-state index is 0.763. The highest BCUT2D eigenvalue weighted by atomic mass is 79.9. The summed E-state index contributed by atoms with van der Waals surface area (Å²) in [6, 6.07) is 14.4. The third-order valence-corrected chi connectivity index (χ3v) is 2.70. The van der Waals surface area contributed by atoms with E-state index < -0.39 is 0 Å². The van der Waals surface area contributed by atoms with E-state index in [1.165, 1.54) is 10.8 Å². The van der Waals surface area contributed by atoms with Crippen molar-refractivity contribution in [1.29, 1.82) is 0 Å². The first-order chi connectivity index (χ1) is 7.31. The van der Waals surface area contributed by atoms with Gasteiger partial charge < -0.3 is 0 Å². The fourth-order valence-corrected chi connectivity index (χ4v) is 1.80. The third-order valence-electron chi connectivity index (χ3n) is 2.24. The molecule has 0 bridgehead atoms. The Morgan fingerprint density at radius 2 is 1.87 bits per heavy atom. The Labute approximate surface area is 97.8 Å². The van der Waals surface area contributed by atoms with Crippen molar-refractivity contribution in [2.24, 2.45) is 0 Å². The molecule has 2 rings (SSSR count). The van der Waals surface area contributed by atoms with E-state index >= 15 is 0 Å². The molecular formula is C14H9Br. The van der Waals surface area contributed by atoms with Gasteiger partial charge in [0.2, 0.25) is 0 Å². The van der Waals surface area contributed by atoms with E-state index in [1.54, 1.807) is 0 Å². The maximum absolute atomic E-state index is 5.30. The van der Waals surface area contributed by atoms with E-state index in [-0.39, 0.29) is 0 Å². The summed E-state index contributed by atoms with van der Waals surface area (Å²) in [6.45, 7) is 0. The van der Waals surface area contributed by atoms with Crippen molar-refractivity contribution in [2.75, 3.05) is 0 Å². The van der Waals surface area contributed by atoms with Crippen molar-refractivity contribution in [2.45, 2.75) is 0 Å². The molecule has 15 heavy (non-hydrogen) atoms. The molecule has 0 heterocycles. The number of hydrogen-bond donors (Lipinski definition) is 0. The van der Waals surface area contributed by atoms with E-state index in [0.29, 0.717) is 0 Å². The molecule has 0 aliphatic carbocycles. The van der Waals surface area contributed by atoms with Crippen LogP contribution in [0.25, 0.3) is 16.8 Å². The number of hydrogen-bond acceptors (Lipinski definition) is 0. The lowest BCUT2D eigenvalue weighted by Gasteiger charge is -2.01. The summed E-state index contributed by atoms with van der Waals surface area (Å²) in [7, 11) is 0. The molecule has 0 amide bonds. The van der Waals surface area contributed by atoms with E-state index in [2.05, 4.69) is 46.1 Å². The number of benzene rings is 2. The van der Waals surface area contributed by atoms with E-state index in [1.807, 2.05) is 24.3 Å². The highest BCUT2D eigenvalue weighted by Crippen LogP contribution is 2.21. The van der Waals surface area contributed by atoms with Crippen molar-refractivity contribution in [3.05, 3.63) is 52.5 Å². The lowest BCUT2D eigenvalue weighted by Crippen LogP contribution is -1.77. The number of halogens is 1. The van der Waals surface area contributed by atoms with Crippen molar-refractivity contribution in [1.82, 2.24) is 0 Å². The minimum Gasteiger partial charge on any atom is -0.114 e. The van der Waals surface area contributed by atoms with Gasteiger partial charge in [-0.2, -0.15) is 0 Å². The van der Waals surface area contributed by atoms with Crippen LogP contribution in [0.2, 0.25) is 0 Å². The zero-order valence-electron chi connectivity index (χ0n) is 8.07. The summed E-state index contributed by atoms with van der Waals surface area (Å²) >= 11 is 3.32. The molecule has 0 radical (unpaired) electrons. The highest BCUT2D eigenvalue weighted by molar-refractivity contribution is 9.12. The molecule has 0 N–H and O–H groups in total. The summed E-state index contributed by atoms with van der Waals surface area (Å²) in [5.41, 5.74) is 1.14. The maximum Gasteiger partial charge on any atom is 0.0677 e. The Hall–Kier alpha value is -1.52. The normalized spacial score (nSPS) is 11.3. The van der Waals surface area contributed by atoms with Crippen molar-refractivity contribution in [3.63, 3.8) is 0 Å². The molecule has 0 fully saturated rings. The van der Waals surface area contributed by atoms with Gasteiger partial charge in [-0.3, -0.25) is 0 Å². The van der Waals surface area contributed by atoms with Crippen LogP contribution in [0.4, 0.5) is 0 Å². The maximum atomic E-state index is 5.30. The van der Waals surface area contributed by atoms with Crippen LogP contribution in [0.3, 0.4) is 0 Å². The van der Waals surface area contributed by atoms with Crippen LogP contribution in [0.1, 0.15) is 5.56 Å². The molecule has 1 heteroatoms. The second kappa shape index (κ2) is 4.33. The second-order valence-corrected chi connectivity index (χ2v) is 4.06. The van der Waals surface area contributed by atoms with E-state index in [4.69, 9.17) is 6.42 Å². The highest BCUT2D eigenvalue weighted by Gasteiger charge is 1.97. The zero-order chi connectivity index (χ0) is 10.7. The number of rotatable bonds is 1. The Morgan fingerprint density at radius 3 is 2.67 bits per heavy atom. The number of allylic oxidation sites excluding steroid dienone is 1. The Balaban J connectivity index is 2.67. The van der Waals surface area contributed by atoms with Gasteiger partial charge in [0.05, 0.1) is 4.48 Å². The molecule has 0 saturated carbocycles. The van der Waals surface area contributed by atoms with Crippen LogP contribution < -0.4 is 0 Å². The van der Waals surface area contributed by atoms with Gasteiger partial charge in [-0.05, 0) is 38.3 Å². The summed E-state index contributed by atoms with van der Waals surface area (Å²) in [6.07, 6.45) is 7.26. The molecule has 0 aliphatic heterocycles. The summed E-state index contributed by atoms with van der Waals surface area (Å²) in [4.78, 5) is 0. The molecule has 0 atom stereocenters. The van der Waals surface area contributed by atoms with Crippen LogP contribution in [0, 0.1) is 12.3 Å². The van der Waals surface area contributed by atoms with Gasteiger partial charge in [-0.15, -0.1) is 6.42 Å². The molecular weight excluding hydrogens is 248 g/mol. The Kier molecular flexibility index (Phi) is 2.89. The molecule has 0 nitrogen and oxygen atoms in total. The smallest absolute Gasteiger partial charge is 0.0677 e. The number of terminal acetylenes is 1. The van der Waals surface area contributed by atoms with Crippen LogP contribution >= 0.6 is 15.9 Å². The first kappa shape index (κ1) is 10.0. The number of fused-ring (bicyclic) bond motifs is 1. The van der Waals surface area contributed by atoms with Crippen LogP contribution in [0.15, 0.2) is 46.9 Å². The summed E-state index contributed by atoms with van der Waals surface area (Å²) in [5.74, 6) is 2.56. The lowest BCUT2D eigenvalue weighted by molar-refractivity contribution is 1.71. The third kappa shape index (κ3) is 2.11. The van der Waals surface area contributed by atoms with Gasteiger partial charge in [0.1, 0.15) is 0 Å². The molecule has 0 aliphatic rings. The van der Waals surface area contributed by atoms with Gasteiger partial charge in [-0.1, -0.05) is 48.4 Å². The van der Waals surface area contributed by atoms with Gasteiger partial charge >= 0.3 is 0 Å². The van der Waals surface area contributed by atoms with Gasteiger partial charge in [0, 0.05) is 0 Å². The summed E-state index contributed by atoms with van der Waals surface area (Å²) in [5, 5.41) is 2.44. The van der Waals surface area contributed by atoms with Crippen LogP contribution in [-0.2, 0) is 0 Å². The molecule has 0 unspecified atom stereocenters. The lowest BCUT2D eigenvalue weighted by atomic mass is 10.0. The molecule has 0 spiro atoms. The second-order valence-electron chi connectivity index (χ2n) is 3.20. The van der Waals surface area contributed by atoms with Gasteiger partial charge in [0.25, 0.3) is 0 Å². The molecule has 0 aromatic heterocycles. The van der Waals surface area contributed by atoms with Crippen molar-refractivity contribution in [3.8, 4) is 12.3 Å². The largest absolute Gasteiger partial charge is 0.114 e. The molecule has 0 saturated heterocycles.